The Morgan fingerprint density at radius 2 is 2.07 bits per heavy atom. The molecule has 0 saturated carbocycles. The average Bonchev–Trinajstić information content (AvgIpc) is 3.46. The fourth-order valence-corrected chi connectivity index (χ4v) is 4.06. The molecule has 1 amide bonds. The predicted molar refractivity (Wildman–Crippen MR) is 104 cm³/mol. The van der Waals surface area contributed by atoms with Crippen LogP contribution in [0, 0.1) is 0 Å². The molecular weight excluding hydrogens is 376 g/mol. The third-order valence-electron chi connectivity index (χ3n) is 4.67. The molecule has 7 nitrogen and oxygen atoms in total. The van der Waals surface area contributed by atoms with Gasteiger partial charge in [0.1, 0.15) is 0 Å². The third-order valence-corrected chi connectivity index (χ3v) is 5.54. The molecule has 1 atom stereocenters. The lowest BCUT2D eigenvalue weighted by molar-refractivity contribution is -0.129. The first-order chi connectivity index (χ1) is 13.7. The second-order valence-corrected chi connectivity index (χ2v) is 7.36. The molecule has 3 aromatic rings. The van der Waals surface area contributed by atoms with Gasteiger partial charge in [0.15, 0.2) is 5.76 Å². The molecule has 0 spiro atoms. The van der Waals surface area contributed by atoms with E-state index in [0.717, 1.165) is 0 Å². The number of hydrogen-bond donors (Lipinski definition) is 1. The highest BCUT2D eigenvalue weighted by Gasteiger charge is 2.43. The molecule has 0 aromatic carbocycles. The van der Waals surface area contributed by atoms with Crippen LogP contribution in [-0.2, 0) is 11.3 Å². The summed E-state index contributed by atoms with van der Waals surface area (Å²) in [6.45, 7) is 1.07. The second kappa shape index (κ2) is 7.77. The van der Waals surface area contributed by atoms with Gasteiger partial charge in [-0.05, 0) is 29.5 Å². The molecule has 8 heteroatoms. The van der Waals surface area contributed by atoms with Gasteiger partial charge in [-0.15, -0.1) is 11.3 Å². The molecule has 1 aliphatic rings. The first-order valence-electron chi connectivity index (χ1n) is 8.85. The van der Waals surface area contributed by atoms with Crippen LogP contribution in [0.5, 0.6) is 0 Å². The van der Waals surface area contributed by atoms with E-state index in [-0.39, 0.29) is 11.4 Å². The Bertz CT molecular complexity index is 998. The van der Waals surface area contributed by atoms with Crippen molar-refractivity contribution in [3.05, 3.63) is 82.5 Å². The van der Waals surface area contributed by atoms with Crippen LogP contribution in [-0.4, -0.2) is 42.8 Å². The van der Waals surface area contributed by atoms with Crippen LogP contribution in [0.15, 0.2) is 72.1 Å². The van der Waals surface area contributed by atoms with Crippen LogP contribution in [0.25, 0.3) is 0 Å². The molecule has 0 bridgehead atoms. The van der Waals surface area contributed by atoms with Gasteiger partial charge in [-0.25, -0.2) is 4.98 Å². The number of aryl methyl sites for hydroxylation is 1. The zero-order chi connectivity index (χ0) is 19.5. The number of pyridine rings is 1. The molecular formula is C20H18N4O3S. The number of carbonyl (C=O) groups excluding carboxylic acids is 2. The Labute approximate surface area is 165 Å². The molecule has 3 aromatic heterocycles. The van der Waals surface area contributed by atoms with Crippen molar-refractivity contribution >= 4 is 23.0 Å². The van der Waals surface area contributed by atoms with Gasteiger partial charge in [0.2, 0.25) is 5.78 Å². The maximum Gasteiger partial charge on any atom is 0.290 e. The first kappa shape index (κ1) is 18.1. The molecule has 0 aliphatic carbocycles. The largest absolute Gasteiger partial charge is 0.503 e. The number of ketones is 1. The number of aliphatic hydroxyl groups is 1. The van der Waals surface area contributed by atoms with Crippen molar-refractivity contribution < 1.29 is 14.7 Å². The van der Waals surface area contributed by atoms with Crippen molar-refractivity contribution in [1.82, 2.24) is 19.4 Å². The summed E-state index contributed by atoms with van der Waals surface area (Å²) in [6, 6.07) is 6.38. The smallest absolute Gasteiger partial charge is 0.290 e. The zero-order valence-electron chi connectivity index (χ0n) is 14.9. The monoisotopic (exact) mass is 394 g/mol. The lowest BCUT2D eigenvalue weighted by Crippen LogP contribution is -2.32. The summed E-state index contributed by atoms with van der Waals surface area (Å²) in [5, 5.41) is 12.3. The summed E-state index contributed by atoms with van der Waals surface area (Å²) in [7, 11) is 0. The van der Waals surface area contributed by atoms with Gasteiger partial charge in [0.25, 0.3) is 5.91 Å². The summed E-state index contributed by atoms with van der Waals surface area (Å²) in [4.78, 5) is 36.0. The second-order valence-electron chi connectivity index (χ2n) is 6.41. The topological polar surface area (TPSA) is 88.3 Å². The molecule has 1 N–H and O–H groups in total. The van der Waals surface area contributed by atoms with Crippen LogP contribution < -0.4 is 0 Å². The quantitative estimate of drug-likeness (QED) is 0.623. The van der Waals surface area contributed by atoms with E-state index >= 15 is 0 Å². The maximum atomic E-state index is 13.0. The first-order valence-corrected chi connectivity index (χ1v) is 9.72. The lowest BCUT2D eigenvalue weighted by atomic mass is 9.96. The van der Waals surface area contributed by atoms with Gasteiger partial charge in [-0.2, -0.15) is 0 Å². The maximum absolute atomic E-state index is 13.0. The van der Waals surface area contributed by atoms with Crippen LogP contribution in [0.1, 0.15) is 27.7 Å². The van der Waals surface area contributed by atoms with Crippen molar-refractivity contribution in [2.24, 2.45) is 0 Å². The molecule has 142 valence electrons. The molecule has 0 fully saturated rings. The van der Waals surface area contributed by atoms with Gasteiger partial charge in [-0.3, -0.25) is 14.6 Å². The summed E-state index contributed by atoms with van der Waals surface area (Å²) < 4.78 is 1.92. The van der Waals surface area contributed by atoms with E-state index in [1.807, 2.05) is 16.8 Å². The minimum atomic E-state index is -0.654. The molecule has 1 unspecified atom stereocenters. The van der Waals surface area contributed by atoms with Crippen molar-refractivity contribution in [2.75, 3.05) is 6.54 Å². The number of Topliss-reactive ketones (excluding diaryl/α,β-unsaturated/α-hetero) is 1. The minimum Gasteiger partial charge on any atom is -0.503 e. The van der Waals surface area contributed by atoms with E-state index in [2.05, 4.69) is 9.97 Å². The summed E-state index contributed by atoms with van der Waals surface area (Å²) in [5.74, 6) is -1.33. The van der Waals surface area contributed by atoms with Crippen molar-refractivity contribution in [3.8, 4) is 0 Å². The minimum absolute atomic E-state index is 0.114. The average molecular weight is 394 g/mol. The Hall–Kier alpha value is -3.26. The van der Waals surface area contributed by atoms with Gasteiger partial charge in [-0.1, -0.05) is 12.1 Å². The zero-order valence-corrected chi connectivity index (χ0v) is 15.7. The molecule has 28 heavy (non-hydrogen) atoms. The normalized spacial score (nSPS) is 16.8. The van der Waals surface area contributed by atoms with E-state index in [4.69, 9.17) is 0 Å². The van der Waals surface area contributed by atoms with E-state index in [1.54, 1.807) is 53.4 Å². The van der Waals surface area contributed by atoms with Crippen molar-refractivity contribution in [2.45, 2.75) is 19.0 Å². The number of hydrogen-bond acceptors (Lipinski definition) is 6. The Kier molecular flexibility index (Phi) is 5.03. The number of nitrogens with zero attached hydrogens (tertiary/aromatic N) is 4. The fraction of sp³-hybridized carbons (Fsp3) is 0.200. The van der Waals surface area contributed by atoms with E-state index in [9.17, 15) is 14.7 Å². The molecule has 4 rings (SSSR count). The van der Waals surface area contributed by atoms with Crippen LogP contribution in [0.4, 0.5) is 0 Å². The van der Waals surface area contributed by atoms with Crippen molar-refractivity contribution in [3.63, 3.8) is 0 Å². The SMILES string of the molecule is O=C(C1=C(O)C(=O)N(CCCn2ccnc2)C1c1cccnc1)c1cccs1. The highest BCUT2D eigenvalue weighted by atomic mass is 32.1. The number of aromatic nitrogens is 3. The van der Waals surface area contributed by atoms with Crippen LogP contribution in [0.3, 0.4) is 0 Å². The van der Waals surface area contributed by atoms with Gasteiger partial charge >= 0.3 is 0 Å². The van der Waals surface area contributed by atoms with Gasteiger partial charge < -0.3 is 14.6 Å². The summed E-state index contributed by atoms with van der Waals surface area (Å²) in [6.07, 6.45) is 9.18. The Morgan fingerprint density at radius 1 is 1.18 bits per heavy atom. The van der Waals surface area contributed by atoms with E-state index < -0.39 is 17.7 Å². The van der Waals surface area contributed by atoms with Crippen LogP contribution >= 0.6 is 11.3 Å². The molecule has 1 aliphatic heterocycles. The third kappa shape index (κ3) is 3.34. The number of carbonyl (C=O) groups is 2. The van der Waals surface area contributed by atoms with E-state index in [1.165, 1.54) is 11.3 Å². The fourth-order valence-electron chi connectivity index (χ4n) is 3.38. The molecule has 4 heterocycles. The molecule has 0 saturated heterocycles. The number of amides is 1. The number of rotatable bonds is 7. The number of imidazole rings is 1. The number of aliphatic hydroxyl groups excluding tert-OH is 1. The van der Waals surface area contributed by atoms with Gasteiger partial charge in [0.05, 0.1) is 22.8 Å². The Morgan fingerprint density at radius 3 is 2.75 bits per heavy atom. The summed E-state index contributed by atoms with van der Waals surface area (Å²) >= 11 is 1.29. The van der Waals surface area contributed by atoms with Crippen LogP contribution in [0.2, 0.25) is 0 Å². The lowest BCUT2D eigenvalue weighted by Gasteiger charge is -2.26. The summed E-state index contributed by atoms with van der Waals surface area (Å²) in [5.41, 5.74) is 0.811. The predicted octanol–water partition coefficient (Wildman–Crippen LogP) is 3.01. The Balaban J connectivity index is 1.64. The molecule has 0 radical (unpaired) electrons. The van der Waals surface area contributed by atoms with Gasteiger partial charge in [0, 0.05) is 37.9 Å². The standard InChI is InChI=1S/C20H18N4O3S/c25-18(15-5-2-11-28-15)16-17(14-4-1-6-21-12-14)24(20(27)19(16)26)9-3-8-23-10-7-22-13-23/h1-2,4-7,10-13,17,26H,3,8-9H2. The highest BCUT2D eigenvalue weighted by Crippen LogP contribution is 2.39. The van der Waals surface area contributed by atoms with Crippen molar-refractivity contribution in [1.29, 1.82) is 0 Å². The highest BCUT2D eigenvalue weighted by molar-refractivity contribution is 7.12. The van der Waals surface area contributed by atoms with E-state index in [0.29, 0.717) is 30.0 Å². The number of thiophene rings is 1.